The number of anilines is 2. The van der Waals surface area contributed by atoms with Crippen LogP contribution >= 0.6 is 0 Å². The number of hydrogen-bond donors (Lipinski definition) is 4. The van der Waals surface area contributed by atoms with Crippen molar-refractivity contribution in [3.63, 3.8) is 0 Å². The Labute approximate surface area is 441 Å². The van der Waals surface area contributed by atoms with Gasteiger partial charge < -0.3 is 20.6 Å². The molecule has 6 aromatic carbocycles. The zero-order valence-corrected chi connectivity index (χ0v) is 42.1. The molecule has 370 valence electrons. The number of rotatable bonds is 12. The van der Waals surface area contributed by atoms with Gasteiger partial charge in [0, 0.05) is 75.1 Å². The predicted molar refractivity (Wildman–Crippen MR) is 309 cm³/mol. The van der Waals surface area contributed by atoms with Crippen molar-refractivity contribution >= 4 is 69.6 Å². The van der Waals surface area contributed by atoms with Gasteiger partial charge in [-0.1, -0.05) is 158 Å². The number of fused-ring (bicyclic) bond motifs is 8. The zero-order valence-electron chi connectivity index (χ0n) is 42.1. The third-order valence-electron chi connectivity index (χ3n) is 15.2. The van der Waals surface area contributed by atoms with Crippen LogP contribution in [0, 0.1) is 0 Å². The van der Waals surface area contributed by atoms with Crippen LogP contribution in [0.15, 0.2) is 194 Å². The van der Waals surface area contributed by atoms with Crippen molar-refractivity contribution in [2.75, 3.05) is 23.7 Å². The number of nitrogens with zero attached hydrogens (tertiary/aromatic N) is 4. The third-order valence-corrected chi connectivity index (χ3v) is 15.2. The van der Waals surface area contributed by atoms with Gasteiger partial charge in [-0.05, 0) is 102 Å². The molecule has 3 aromatic heterocycles. The molecule has 2 saturated heterocycles. The minimum atomic E-state index is -0.345. The summed E-state index contributed by atoms with van der Waals surface area (Å²) in [6.45, 7) is 5.52. The van der Waals surface area contributed by atoms with Crippen LogP contribution in [0.4, 0.5) is 11.4 Å². The summed E-state index contributed by atoms with van der Waals surface area (Å²) in [5, 5.41) is 6.78. The Morgan fingerprint density at radius 2 is 0.724 bits per heavy atom. The summed E-state index contributed by atoms with van der Waals surface area (Å²) >= 11 is 0. The Morgan fingerprint density at radius 3 is 1.08 bits per heavy atom. The number of carbonyl (C=O) groups is 2. The Balaban J connectivity index is 1.05. The summed E-state index contributed by atoms with van der Waals surface area (Å²) in [5.41, 5.74) is 17.0. The lowest BCUT2D eigenvalue weighted by atomic mass is 9.98. The molecule has 2 amide bonds. The molecule has 13 rings (SSSR count). The van der Waals surface area contributed by atoms with Crippen molar-refractivity contribution in [2.24, 2.45) is 0 Å². The molecular formula is C66H54N8O2. The first-order valence-corrected chi connectivity index (χ1v) is 26.0. The first-order chi connectivity index (χ1) is 37.3. The van der Waals surface area contributed by atoms with E-state index < -0.39 is 0 Å². The summed E-state index contributed by atoms with van der Waals surface area (Å²) in [7, 11) is 0. The van der Waals surface area contributed by atoms with Gasteiger partial charge >= 0.3 is 0 Å². The smallest absolute Gasteiger partial charge is 0.243 e. The summed E-state index contributed by atoms with van der Waals surface area (Å²) in [6.07, 6.45) is 8.30. The number of nitrogens with one attached hydrogen (secondary N) is 4. The first kappa shape index (κ1) is 46.6. The summed E-state index contributed by atoms with van der Waals surface area (Å²) in [5.74, 6) is -0.247. The third kappa shape index (κ3) is 8.83. The molecule has 4 unspecified atom stereocenters. The van der Waals surface area contributed by atoms with E-state index >= 15 is 0 Å². The second-order valence-corrected chi connectivity index (χ2v) is 19.9. The van der Waals surface area contributed by atoms with Gasteiger partial charge in [0.15, 0.2) is 0 Å². The Bertz CT molecular complexity index is 3800. The lowest BCUT2D eigenvalue weighted by Crippen LogP contribution is -2.25. The average Bonchev–Trinajstić information content (AvgIpc) is 4.11. The highest BCUT2D eigenvalue weighted by atomic mass is 16.2. The fourth-order valence-electron chi connectivity index (χ4n) is 11.1. The van der Waals surface area contributed by atoms with Crippen molar-refractivity contribution < 1.29 is 9.59 Å². The number of aromatic amines is 2. The number of benzene rings is 6. The maximum Gasteiger partial charge on any atom is 0.243 e. The van der Waals surface area contributed by atoms with E-state index in [2.05, 4.69) is 160 Å². The molecule has 7 heterocycles. The van der Waals surface area contributed by atoms with Crippen LogP contribution in [0.5, 0.6) is 0 Å². The van der Waals surface area contributed by atoms with Crippen LogP contribution in [0.1, 0.15) is 59.8 Å². The minimum absolute atomic E-state index is 0.0465. The SMILES string of the molecule is CC(c1ccccc1)N1C[C@@H]1C(=O)Nc1cccc(NC(=O)[C@@H]2CN2C(C)c2ccccc2)c1-c1c2nc(c(-c3ccccc3)c3ccc([nH]3)c(-c3ccccc3)c3nc(c(-c4ccccc4)c4ccc1[nH]4)C=C3)C=C2. The van der Waals surface area contributed by atoms with E-state index in [1.54, 1.807) is 0 Å². The van der Waals surface area contributed by atoms with E-state index in [0.29, 0.717) is 41.3 Å². The maximum absolute atomic E-state index is 14.7. The largest absolute Gasteiger partial charge is 0.354 e. The average molecular weight is 991 g/mol. The van der Waals surface area contributed by atoms with Gasteiger partial charge in [-0.2, -0.15) is 0 Å². The fraction of sp³-hybridized carbons (Fsp3) is 0.121. The quantitative estimate of drug-likeness (QED) is 0.0905. The van der Waals surface area contributed by atoms with Gasteiger partial charge in [-0.15, -0.1) is 0 Å². The molecule has 0 radical (unpaired) electrons. The second-order valence-electron chi connectivity index (χ2n) is 19.9. The molecule has 4 N–H and O–H groups in total. The topological polar surface area (TPSA) is 122 Å². The highest BCUT2D eigenvalue weighted by Crippen LogP contribution is 2.44. The fourth-order valence-corrected chi connectivity index (χ4v) is 11.1. The lowest BCUT2D eigenvalue weighted by molar-refractivity contribution is -0.117. The highest BCUT2D eigenvalue weighted by molar-refractivity contribution is 6.10. The molecule has 0 saturated carbocycles. The summed E-state index contributed by atoms with van der Waals surface area (Å²) in [6, 6.07) is 65.2. The van der Waals surface area contributed by atoms with Gasteiger partial charge in [0.25, 0.3) is 0 Å². The van der Waals surface area contributed by atoms with Crippen LogP contribution in [0.2, 0.25) is 0 Å². The number of hydrogen-bond acceptors (Lipinski definition) is 6. The summed E-state index contributed by atoms with van der Waals surface area (Å²) < 4.78 is 0. The number of H-pyrrole nitrogens is 2. The van der Waals surface area contributed by atoms with Crippen molar-refractivity contribution in [3.05, 3.63) is 228 Å². The maximum atomic E-state index is 14.7. The number of aromatic nitrogens is 4. The summed E-state index contributed by atoms with van der Waals surface area (Å²) in [4.78, 5) is 52.5. The van der Waals surface area contributed by atoms with E-state index in [1.165, 1.54) is 0 Å². The lowest BCUT2D eigenvalue weighted by Gasteiger charge is -2.19. The van der Waals surface area contributed by atoms with E-state index in [1.807, 2.05) is 103 Å². The molecule has 6 atom stereocenters. The molecule has 4 aliphatic heterocycles. The Hall–Kier alpha value is -9.22. The Kier molecular flexibility index (Phi) is 12.0. The van der Waals surface area contributed by atoms with E-state index in [-0.39, 0.29) is 36.0 Å². The van der Waals surface area contributed by atoms with Crippen LogP contribution in [-0.4, -0.2) is 66.7 Å². The van der Waals surface area contributed by atoms with Gasteiger partial charge in [0.2, 0.25) is 11.8 Å². The van der Waals surface area contributed by atoms with Crippen LogP contribution < -0.4 is 10.6 Å². The molecule has 76 heavy (non-hydrogen) atoms. The van der Waals surface area contributed by atoms with Crippen molar-refractivity contribution in [3.8, 4) is 44.5 Å². The normalized spacial score (nSPS) is 17.9. The molecule has 10 heteroatoms. The zero-order chi connectivity index (χ0) is 51.3. The van der Waals surface area contributed by atoms with Gasteiger partial charge in [-0.3, -0.25) is 19.4 Å². The minimum Gasteiger partial charge on any atom is -0.354 e. The number of amides is 2. The monoisotopic (exact) mass is 990 g/mol. The van der Waals surface area contributed by atoms with Crippen molar-refractivity contribution in [2.45, 2.75) is 38.0 Å². The highest BCUT2D eigenvalue weighted by Gasteiger charge is 2.45. The van der Waals surface area contributed by atoms with Crippen LogP contribution in [0.25, 0.3) is 90.9 Å². The van der Waals surface area contributed by atoms with Crippen molar-refractivity contribution in [1.82, 2.24) is 29.7 Å². The molecule has 10 nitrogen and oxygen atoms in total. The molecule has 2 fully saturated rings. The molecule has 0 aliphatic carbocycles. The molecule has 9 aromatic rings. The van der Waals surface area contributed by atoms with Crippen LogP contribution in [0.3, 0.4) is 0 Å². The predicted octanol–water partition coefficient (Wildman–Crippen LogP) is 14.1. The number of carbonyl (C=O) groups excluding carboxylic acids is 2. The molecular weight excluding hydrogens is 937 g/mol. The van der Waals surface area contributed by atoms with Gasteiger partial charge in [0.1, 0.15) is 12.1 Å². The van der Waals surface area contributed by atoms with Gasteiger partial charge in [-0.25, -0.2) is 9.97 Å². The van der Waals surface area contributed by atoms with Gasteiger partial charge in [0.05, 0.1) is 34.2 Å². The van der Waals surface area contributed by atoms with E-state index in [0.717, 1.165) is 83.7 Å². The molecule has 8 bridgehead atoms. The molecule has 0 spiro atoms. The first-order valence-electron chi connectivity index (χ1n) is 26.0. The van der Waals surface area contributed by atoms with Crippen molar-refractivity contribution in [1.29, 1.82) is 0 Å². The molecule has 4 aliphatic rings. The van der Waals surface area contributed by atoms with E-state index in [9.17, 15) is 9.59 Å². The standard InChI is InChI=1S/C66H54N8O2/c1-41(43-19-8-3-9-20-43)73-39-58(73)65(75)71-48-29-18-30-49(72-66(76)59-40-74(59)42(2)44-21-10-4-11-22-44)63(48)64-56-37-35-54(69-56)61(46-25-14-6-15-26-46)52-33-31-50(67-52)60(45-23-12-5-13-24-45)51-32-34-53(68-51)62(47-27-16-7-17-28-47)55-36-38-57(64)70-55/h3-38,41-42,58-59,67,70H,39-40H2,1-2H3,(H,71,75)(H,72,76)/t41?,42?,58-,59+,73?,74?. The van der Waals surface area contributed by atoms with E-state index in [4.69, 9.17) is 9.97 Å². The van der Waals surface area contributed by atoms with Crippen LogP contribution in [-0.2, 0) is 9.59 Å². The Morgan fingerprint density at radius 1 is 0.408 bits per heavy atom. The second kappa shape index (κ2) is 19.6.